The molecule has 0 radical (unpaired) electrons. The molecule has 17 heavy (non-hydrogen) atoms. The van der Waals surface area contributed by atoms with Crippen LogP contribution in [0.3, 0.4) is 0 Å². The molecule has 1 N–H and O–H groups in total. The van der Waals surface area contributed by atoms with Gasteiger partial charge in [0.2, 0.25) is 0 Å². The Morgan fingerprint density at radius 1 is 1.29 bits per heavy atom. The maximum atomic E-state index is 11.8. The Balaban J connectivity index is 1.97. The summed E-state index contributed by atoms with van der Waals surface area (Å²) in [6.07, 6.45) is 5.16. The van der Waals surface area contributed by atoms with Crippen LogP contribution in [0, 0.1) is 0 Å². The van der Waals surface area contributed by atoms with E-state index in [9.17, 15) is 8.42 Å². The topological polar surface area (TPSA) is 49.4 Å². The second kappa shape index (κ2) is 5.50. The molecule has 0 aromatic heterocycles. The average Bonchev–Trinajstić information content (AvgIpc) is 2.86. The van der Waals surface area contributed by atoms with Crippen molar-refractivity contribution < 1.29 is 8.42 Å². The Labute approximate surface area is 104 Å². The molecule has 98 valence electrons. The third kappa shape index (κ3) is 3.30. The maximum absolute atomic E-state index is 11.8. The van der Waals surface area contributed by atoms with Crippen LogP contribution in [0.5, 0.6) is 0 Å². The van der Waals surface area contributed by atoms with Crippen LogP contribution >= 0.6 is 0 Å². The van der Waals surface area contributed by atoms with E-state index in [-0.39, 0.29) is 12.1 Å². The van der Waals surface area contributed by atoms with Crippen molar-refractivity contribution in [2.75, 3.05) is 31.1 Å². The predicted octanol–water partition coefficient (Wildman–Crippen LogP) is 0.414. The molecular weight excluding hydrogens is 236 g/mol. The average molecular weight is 258 g/mol. The van der Waals surface area contributed by atoms with Gasteiger partial charge in [-0.1, -0.05) is 6.08 Å². The number of hydrogen-bond acceptors (Lipinski definition) is 4. The van der Waals surface area contributed by atoms with E-state index in [2.05, 4.69) is 16.8 Å². The zero-order valence-corrected chi connectivity index (χ0v) is 11.1. The van der Waals surface area contributed by atoms with Crippen molar-refractivity contribution in [1.82, 2.24) is 10.2 Å². The zero-order valence-electron chi connectivity index (χ0n) is 10.3. The molecule has 0 amide bonds. The molecule has 2 aliphatic rings. The van der Waals surface area contributed by atoms with E-state index in [0.29, 0.717) is 11.5 Å². The lowest BCUT2D eigenvalue weighted by Crippen LogP contribution is -2.48. The van der Waals surface area contributed by atoms with Gasteiger partial charge < -0.3 is 5.32 Å². The molecule has 2 unspecified atom stereocenters. The molecule has 0 saturated carbocycles. The van der Waals surface area contributed by atoms with Crippen molar-refractivity contribution in [2.24, 2.45) is 0 Å². The summed E-state index contributed by atoms with van der Waals surface area (Å²) in [6.45, 7) is 6.62. The van der Waals surface area contributed by atoms with Crippen molar-refractivity contribution in [2.45, 2.75) is 31.3 Å². The first-order valence-electron chi connectivity index (χ1n) is 6.41. The number of nitrogens with one attached hydrogen (secondary N) is 1. The summed E-state index contributed by atoms with van der Waals surface area (Å²) in [5.74, 6) is 0.629. The van der Waals surface area contributed by atoms with Gasteiger partial charge >= 0.3 is 0 Å². The number of rotatable bonds is 5. The monoisotopic (exact) mass is 258 g/mol. The molecule has 0 bridgehead atoms. The van der Waals surface area contributed by atoms with Crippen molar-refractivity contribution in [1.29, 1.82) is 0 Å². The summed E-state index contributed by atoms with van der Waals surface area (Å²) in [7, 11) is -2.85. The van der Waals surface area contributed by atoms with Gasteiger partial charge in [0.15, 0.2) is 9.84 Å². The first-order valence-corrected chi connectivity index (χ1v) is 8.23. The highest BCUT2D eigenvalue weighted by Crippen LogP contribution is 2.22. The summed E-state index contributed by atoms with van der Waals surface area (Å²) in [6, 6.07) is 0.297. The Morgan fingerprint density at radius 3 is 2.65 bits per heavy atom. The molecular formula is C12H22N2O2S. The standard InChI is InChI=1S/C12H22N2O2S/c1-2-3-6-13-11-9-17(15,16)10-12(11)14-7-4-5-8-14/h2,11-13H,1,3-10H2. The van der Waals surface area contributed by atoms with E-state index in [1.165, 1.54) is 12.8 Å². The fourth-order valence-corrected chi connectivity index (χ4v) is 4.81. The third-order valence-corrected chi connectivity index (χ3v) is 5.40. The van der Waals surface area contributed by atoms with Gasteiger partial charge in [-0.25, -0.2) is 8.42 Å². The van der Waals surface area contributed by atoms with Gasteiger partial charge in [-0.05, 0) is 38.9 Å². The molecule has 0 spiro atoms. The first-order chi connectivity index (χ1) is 8.12. The Bertz CT molecular complexity index is 361. The molecule has 2 rings (SSSR count). The zero-order chi connectivity index (χ0) is 12.3. The van der Waals surface area contributed by atoms with Crippen molar-refractivity contribution in [3.63, 3.8) is 0 Å². The van der Waals surface area contributed by atoms with E-state index in [1.807, 2.05) is 6.08 Å². The van der Waals surface area contributed by atoms with Gasteiger partial charge in [0, 0.05) is 12.1 Å². The van der Waals surface area contributed by atoms with Crippen LogP contribution in [0.2, 0.25) is 0 Å². The first kappa shape index (κ1) is 13.1. The van der Waals surface area contributed by atoms with E-state index in [0.717, 1.165) is 26.1 Å². The van der Waals surface area contributed by atoms with E-state index in [1.54, 1.807) is 0 Å². The van der Waals surface area contributed by atoms with Crippen LogP contribution in [-0.2, 0) is 9.84 Å². The van der Waals surface area contributed by atoms with E-state index >= 15 is 0 Å². The SMILES string of the molecule is C=CCCNC1CS(=O)(=O)CC1N1CCCC1. The summed E-state index contributed by atoms with van der Waals surface area (Å²) >= 11 is 0. The quantitative estimate of drug-likeness (QED) is 0.573. The molecule has 0 aromatic carbocycles. The van der Waals surface area contributed by atoms with Crippen molar-refractivity contribution in [3.05, 3.63) is 12.7 Å². The van der Waals surface area contributed by atoms with Crippen molar-refractivity contribution in [3.8, 4) is 0 Å². The number of likely N-dealkylation sites (tertiary alicyclic amines) is 1. The number of sulfone groups is 1. The number of hydrogen-bond donors (Lipinski definition) is 1. The normalized spacial score (nSPS) is 32.9. The second-order valence-corrected chi connectivity index (χ2v) is 7.18. The molecule has 2 saturated heterocycles. The molecule has 2 heterocycles. The highest BCUT2D eigenvalue weighted by molar-refractivity contribution is 7.91. The number of nitrogens with zero attached hydrogens (tertiary/aromatic N) is 1. The highest BCUT2D eigenvalue weighted by Gasteiger charge is 2.41. The fourth-order valence-electron chi connectivity index (χ4n) is 2.83. The second-order valence-electron chi connectivity index (χ2n) is 5.03. The van der Waals surface area contributed by atoms with Crippen molar-refractivity contribution >= 4 is 9.84 Å². The van der Waals surface area contributed by atoms with Gasteiger partial charge in [-0.15, -0.1) is 6.58 Å². The smallest absolute Gasteiger partial charge is 0.153 e. The minimum absolute atomic E-state index is 0.109. The minimum atomic E-state index is -2.85. The van der Waals surface area contributed by atoms with Gasteiger partial charge in [0.1, 0.15) is 0 Å². The maximum Gasteiger partial charge on any atom is 0.153 e. The lowest BCUT2D eigenvalue weighted by Gasteiger charge is -2.28. The summed E-state index contributed by atoms with van der Waals surface area (Å²) in [4.78, 5) is 2.34. The fraction of sp³-hybridized carbons (Fsp3) is 0.833. The van der Waals surface area contributed by atoms with Gasteiger partial charge in [-0.3, -0.25) is 4.90 Å². The van der Waals surface area contributed by atoms with Crippen LogP contribution in [-0.4, -0.2) is 56.5 Å². The molecule has 2 aliphatic heterocycles. The van der Waals surface area contributed by atoms with Gasteiger partial charge in [0.05, 0.1) is 11.5 Å². The summed E-state index contributed by atoms with van der Waals surface area (Å²) in [5, 5.41) is 3.37. The molecule has 4 nitrogen and oxygen atoms in total. The van der Waals surface area contributed by atoms with Crippen LogP contribution in [0.25, 0.3) is 0 Å². The largest absolute Gasteiger partial charge is 0.311 e. The molecule has 0 aliphatic carbocycles. The Kier molecular flexibility index (Phi) is 4.22. The van der Waals surface area contributed by atoms with Crippen LogP contribution in [0.15, 0.2) is 12.7 Å². The van der Waals surface area contributed by atoms with Gasteiger partial charge in [-0.2, -0.15) is 0 Å². The van der Waals surface area contributed by atoms with Crippen LogP contribution in [0.1, 0.15) is 19.3 Å². The van der Waals surface area contributed by atoms with E-state index < -0.39 is 9.84 Å². The molecule has 2 fully saturated rings. The Hall–Kier alpha value is -0.390. The predicted molar refractivity (Wildman–Crippen MR) is 69.9 cm³/mol. The van der Waals surface area contributed by atoms with E-state index in [4.69, 9.17) is 0 Å². The summed E-state index contributed by atoms with van der Waals surface area (Å²) < 4.78 is 23.5. The lowest BCUT2D eigenvalue weighted by molar-refractivity contribution is 0.227. The van der Waals surface area contributed by atoms with Gasteiger partial charge in [0.25, 0.3) is 0 Å². The van der Waals surface area contributed by atoms with Crippen LogP contribution in [0.4, 0.5) is 0 Å². The Morgan fingerprint density at radius 2 is 2.00 bits per heavy atom. The minimum Gasteiger partial charge on any atom is -0.311 e. The molecule has 5 heteroatoms. The highest BCUT2D eigenvalue weighted by atomic mass is 32.2. The summed E-state index contributed by atoms with van der Waals surface area (Å²) in [5.41, 5.74) is 0. The molecule has 0 aromatic rings. The lowest BCUT2D eigenvalue weighted by atomic mass is 10.1. The molecule has 2 atom stereocenters. The third-order valence-electron chi connectivity index (χ3n) is 3.69. The van der Waals surface area contributed by atoms with Crippen LogP contribution < -0.4 is 5.32 Å².